The average molecular weight is 403 g/mol. The van der Waals surface area contributed by atoms with Gasteiger partial charge in [0.05, 0.1) is 17.2 Å². The summed E-state index contributed by atoms with van der Waals surface area (Å²) in [6.07, 6.45) is 1.31. The van der Waals surface area contributed by atoms with Crippen LogP contribution in [0, 0.1) is 0 Å². The van der Waals surface area contributed by atoms with Crippen molar-refractivity contribution in [1.29, 1.82) is 0 Å². The maximum Gasteiger partial charge on any atom is 0.326 e. The third-order valence-electron chi connectivity index (χ3n) is 4.12. The van der Waals surface area contributed by atoms with Crippen molar-refractivity contribution in [3.63, 3.8) is 0 Å². The second-order valence-corrected chi connectivity index (χ2v) is 6.28. The lowest BCUT2D eigenvalue weighted by Gasteiger charge is -2.09. The van der Waals surface area contributed by atoms with Crippen LogP contribution in [0.2, 0.25) is 0 Å². The molecule has 2 aromatic heterocycles. The van der Waals surface area contributed by atoms with Crippen molar-refractivity contribution in [2.24, 2.45) is 0 Å². The number of nitrogens with one attached hydrogen (secondary N) is 1. The van der Waals surface area contributed by atoms with E-state index in [1.807, 2.05) is 30.3 Å². The number of rotatable bonds is 6. The first-order valence-electron chi connectivity index (χ1n) is 9.01. The molecular weight excluding hydrogens is 386 g/mol. The van der Waals surface area contributed by atoms with E-state index in [9.17, 15) is 9.59 Å². The minimum absolute atomic E-state index is 0.00979. The molecule has 2 heterocycles. The zero-order valence-electron chi connectivity index (χ0n) is 15.7. The third-order valence-corrected chi connectivity index (χ3v) is 4.12. The number of carbonyl (C=O) groups excluding carboxylic acids is 1. The lowest BCUT2D eigenvalue weighted by atomic mass is 10.2. The number of nitrogen functional groups attached to an aromatic ring is 1. The van der Waals surface area contributed by atoms with Gasteiger partial charge < -0.3 is 15.8 Å². The van der Waals surface area contributed by atoms with Crippen LogP contribution in [0.5, 0.6) is 0 Å². The van der Waals surface area contributed by atoms with Crippen molar-refractivity contribution >= 4 is 34.5 Å². The maximum absolute atomic E-state index is 12.5. The Kier molecular flexibility index (Phi) is 5.29. The van der Waals surface area contributed by atoms with E-state index in [0.29, 0.717) is 10.9 Å². The first-order valence-corrected chi connectivity index (χ1v) is 9.01. The van der Waals surface area contributed by atoms with Crippen LogP contribution in [0.1, 0.15) is 5.82 Å². The number of nitrogens with zero attached hydrogens (tertiary/aromatic N) is 5. The molecule has 0 spiro atoms. The predicted molar refractivity (Wildman–Crippen MR) is 110 cm³/mol. The molecule has 0 fully saturated rings. The number of carbonyl (C=O) groups is 1. The number of esters is 1. The van der Waals surface area contributed by atoms with Crippen LogP contribution < -0.4 is 16.6 Å². The molecule has 0 atom stereocenters. The Morgan fingerprint density at radius 1 is 1.03 bits per heavy atom. The highest BCUT2D eigenvalue weighted by atomic mass is 16.5. The third kappa shape index (κ3) is 4.38. The molecule has 4 rings (SSSR count). The minimum Gasteiger partial charge on any atom is -0.456 e. The Morgan fingerprint density at radius 2 is 1.80 bits per heavy atom. The monoisotopic (exact) mass is 403 g/mol. The fourth-order valence-electron chi connectivity index (χ4n) is 2.76. The summed E-state index contributed by atoms with van der Waals surface area (Å²) in [6.45, 7) is -0.503. The SMILES string of the molecule is Nc1nc(COC(=O)Cn2cnc3ccccc3c2=O)nc(Nc2ccccc2)n1. The van der Waals surface area contributed by atoms with Crippen molar-refractivity contribution in [3.05, 3.63) is 77.1 Å². The quantitative estimate of drug-likeness (QED) is 0.460. The topological polar surface area (TPSA) is 138 Å². The number of benzene rings is 2. The van der Waals surface area contributed by atoms with E-state index >= 15 is 0 Å². The van der Waals surface area contributed by atoms with Gasteiger partial charge >= 0.3 is 5.97 Å². The van der Waals surface area contributed by atoms with Crippen LogP contribution in [0.15, 0.2) is 65.7 Å². The van der Waals surface area contributed by atoms with E-state index in [0.717, 1.165) is 5.69 Å². The first kappa shape index (κ1) is 19.0. The molecule has 0 amide bonds. The molecular formula is C20H17N7O3. The highest BCUT2D eigenvalue weighted by Gasteiger charge is 2.11. The van der Waals surface area contributed by atoms with Gasteiger partial charge in [-0.2, -0.15) is 15.0 Å². The number of aromatic nitrogens is 5. The molecule has 10 heteroatoms. The predicted octanol–water partition coefficient (Wildman–Crippen LogP) is 1.65. The van der Waals surface area contributed by atoms with Crippen LogP contribution in [0.25, 0.3) is 10.9 Å². The van der Waals surface area contributed by atoms with Crippen LogP contribution in [0.4, 0.5) is 17.6 Å². The van der Waals surface area contributed by atoms with Gasteiger partial charge in [-0.1, -0.05) is 30.3 Å². The fraction of sp³-hybridized carbons (Fsp3) is 0.100. The summed E-state index contributed by atoms with van der Waals surface area (Å²) in [5.74, 6) is -0.233. The summed E-state index contributed by atoms with van der Waals surface area (Å²) in [7, 11) is 0. The lowest BCUT2D eigenvalue weighted by molar-refractivity contribution is -0.146. The molecule has 4 aromatic rings. The fourth-order valence-corrected chi connectivity index (χ4v) is 2.76. The van der Waals surface area contributed by atoms with Gasteiger partial charge in [-0.25, -0.2) is 4.98 Å². The Labute approximate surface area is 170 Å². The molecule has 0 saturated carbocycles. The van der Waals surface area contributed by atoms with Crippen molar-refractivity contribution in [2.45, 2.75) is 13.2 Å². The summed E-state index contributed by atoms with van der Waals surface area (Å²) in [5.41, 5.74) is 6.73. The van der Waals surface area contributed by atoms with Gasteiger partial charge in [0, 0.05) is 5.69 Å². The minimum atomic E-state index is -0.634. The van der Waals surface area contributed by atoms with Crippen LogP contribution in [-0.2, 0) is 22.7 Å². The zero-order chi connectivity index (χ0) is 20.9. The summed E-state index contributed by atoms with van der Waals surface area (Å²) in [6, 6.07) is 16.2. The van der Waals surface area contributed by atoms with E-state index in [1.165, 1.54) is 10.9 Å². The Morgan fingerprint density at radius 3 is 2.63 bits per heavy atom. The summed E-state index contributed by atoms with van der Waals surface area (Å²) in [4.78, 5) is 41.0. The molecule has 0 radical (unpaired) electrons. The molecule has 150 valence electrons. The van der Waals surface area contributed by atoms with Gasteiger partial charge in [0.25, 0.3) is 5.56 Å². The normalized spacial score (nSPS) is 10.7. The maximum atomic E-state index is 12.5. The van der Waals surface area contributed by atoms with Gasteiger partial charge in [0.1, 0.15) is 6.54 Å². The van der Waals surface area contributed by atoms with Crippen LogP contribution >= 0.6 is 0 Å². The molecule has 0 aliphatic heterocycles. The summed E-state index contributed by atoms with van der Waals surface area (Å²) in [5, 5.41) is 3.43. The highest BCUT2D eigenvalue weighted by molar-refractivity contribution is 5.77. The van der Waals surface area contributed by atoms with Gasteiger partial charge in [0.15, 0.2) is 12.4 Å². The molecule has 10 nitrogen and oxygen atoms in total. The molecule has 0 aliphatic rings. The molecule has 0 saturated heterocycles. The highest BCUT2D eigenvalue weighted by Crippen LogP contribution is 2.13. The van der Waals surface area contributed by atoms with Crippen LogP contribution in [-0.4, -0.2) is 30.5 Å². The Bertz CT molecular complexity index is 1260. The van der Waals surface area contributed by atoms with Crippen molar-refractivity contribution in [1.82, 2.24) is 24.5 Å². The zero-order valence-corrected chi connectivity index (χ0v) is 15.7. The Hall–Kier alpha value is -4.34. The van der Waals surface area contributed by atoms with Crippen molar-refractivity contribution < 1.29 is 9.53 Å². The van der Waals surface area contributed by atoms with E-state index < -0.39 is 5.97 Å². The average Bonchev–Trinajstić information content (AvgIpc) is 2.75. The van der Waals surface area contributed by atoms with Gasteiger partial charge in [0.2, 0.25) is 11.9 Å². The van der Waals surface area contributed by atoms with Gasteiger partial charge in [-0.3, -0.25) is 14.2 Å². The second-order valence-electron chi connectivity index (χ2n) is 6.28. The number of hydrogen-bond acceptors (Lipinski definition) is 9. The van der Waals surface area contributed by atoms with E-state index in [2.05, 4.69) is 25.3 Å². The van der Waals surface area contributed by atoms with Crippen LogP contribution in [0.3, 0.4) is 0 Å². The molecule has 3 N–H and O–H groups in total. The Balaban J connectivity index is 1.43. The largest absolute Gasteiger partial charge is 0.456 e. The number of fused-ring (bicyclic) bond motifs is 1. The number of anilines is 3. The van der Waals surface area contributed by atoms with Gasteiger partial charge in [-0.05, 0) is 24.3 Å². The van der Waals surface area contributed by atoms with E-state index in [1.54, 1.807) is 24.3 Å². The second kappa shape index (κ2) is 8.35. The summed E-state index contributed by atoms with van der Waals surface area (Å²) < 4.78 is 6.39. The van der Waals surface area contributed by atoms with Crippen molar-refractivity contribution in [3.8, 4) is 0 Å². The van der Waals surface area contributed by atoms with Crippen molar-refractivity contribution in [2.75, 3.05) is 11.1 Å². The number of nitrogens with two attached hydrogens (primary N) is 1. The molecule has 2 aromatic carbocycles. The molecule has 30 heavy (non-hydrogen) atoms. The molecule has 0 unspecified atom stereocenters. The molecule has 0 aliphatic carbocycles. The number of ether oxygens (including phenoxy) is 1. The van der Waals surface area contributed by atoms with Gasteiger partial charge in [-0.15, -0.1) is 0 Å². The van der Waals surface area contributed by atoms with E-state index in [4.69, 9.17) is 10.5 Å². The molecule has 0 bridgehead atoms. The number of para-hydroxylation sites is 2. The summed E-state index contributed by atoms with van der Waals surface area (Å²) >= 11 is 0. The lowest BCUT2D eigenvalue weighted by Crippen LogP contribution is -2.25. The standard InChI is InChI=1S/C20H17N7O3/c21-19-24-16(25-20(26-19)23-13-6-2-1-3-7-13)11-30-17(28)10-27-12-22-15-9-5-4-8-14(15)18(27)29/h1-9,12H,10-11H2,(H3,21,23,24,25,26). The number of hydrogen-bond donors (Lipinski definition) is 2. The smallest absolute Gasteiger partial charge is 0.326 e. The first-order chi connectivity index (χ1) is 14.6. The van der Waals surface area contributed by atoms with E-state index in [-0.39, 0.29) is 36.4 Å².